The maximum Gasteiger partial charge on any atom is 0.237 e. The van der Waals surface area contributed by atoms with Gasteiger partial charge in [0.15, 0.2) is 0 Å². The molecule has 0 amide bonds. The summed E-state index contributed by atoms with van der Waals surface area (Å²) in [5.74, 6) is 0.0805. The van der Waals surface area contributed by atoms with E-state index in [1.54, 1.807) is 11.9 Å². The lowest BCUT2D eigenvalue weighted by atomic mass is 10.3. The molecular weight excluding hydrogens is 187 g/mol. The SMILES string of the molecule is CN1COCCOc2ncc(F)cc21. The van der Waals surface area contributed by atoms with Gasteiger partial charge in [-0.15, -0.1) is 0 Å². The largest absolute Gasteiger partial charge is 0.474 e. The first-order valence-electron chi connectivity index (χ1n) is 4.34. The molecule has 0 radical (unpaired) electrons. The first-order chi connectivity index (χ1) is 6.77. The van der Waals surface area contributed by atoms with E-state index in [2.05, 4.69) is 4.98 Å². The summed E-state index contributed by atoms with van der Waals surface area (Å²) in [4.78, 5) is 5.63. The highest BCUT2D eigenvalue weighted by Crippen LogP contribution is 2.26. The van der Waals surface area contributed by atoms with Crippen molar-refractivity contribution in [1.82, 2.24) is 4.98 Å². The maximum atomic E-state index is 12.9. The zero-order chi connectivity index (χ0) is 9.97. The molecule has 1 aliphatic heterocycles. The van der Waals surface area contributed by atoms with E-state index in [1.165, 1.54) is 6.07 Å². The third-order valence-corrected chi connectivity index (χ3v) is 1.96. The van der Waals surface area contributed by atoms with Crippen molar-refractivity contribution >= 4 is 5.69 Å². The van der Waals surface area contributed by atoms with Crippen LogP contribution in [0, 0.1) is 5.82 Å². The van der Waals surface area contributed by atoms with Crippen LogP contribution in [0.4, 0.5) is 10.1 Å². The lowest BCUT2D eigenvalue weighted by Crippen LogP contribution is -2.26. The van der Waals surface area contributed by atoms with E-state index in [4.69, 9.17) is 9.47 Å². The van der Waals surface area contributed by atoms with Gasteiger partial charge < -0.3 is 14.4 Å². The van der Waals surface area contributed by atoms with Crippen molar-refractivity contribution in [3.05, 3.63) is 18.1 Å². The topological polar surface area (TPSA) is 34.6 Å². The van der Waals surface area contributed by atoms with Crippen LogP contribution in [-0.4, -0.2) is 32.0 Å². The number of nitrogens with zero attached hydrogens (tertiary/aromatic N) is 2. The van der Waals surface area contributed by atoms with Crippen LogP contribution in [0.25, 0.3) is 0 Å². The van der Waals surface area contributed by atoms with E-state index < -0.39 is 0 Å². The Kier molecular flexibility index (Phi) is 2.49. The Morgan fingerprint density at radius 2 is 2.36 bits per heavy atom. The molecule has 2 rings (SSSR count). The van der Waals surface area contributed by atoms with Crippen molar-refractivity contribution < 1.29 is 13.9 Å². The van der Waals surface area contributed by atoms with E-state index in [9.17, 15) is 4.39 Å². The fraction of sp³-hybridized carbons (Fsp3) is 0.444. The van der Waals surface area contributed by atoms with Crippen molar-refractivity contribution in [3.63, 3.8) is 0 Å². The zero-order valence-corrected chi connectivity index (χ0v) is 7.86. The molecule has 0 fully saturated rings. The fourth-order valence-corrected chi connectivity index (χ4v) is 1.27. The lowest BCUT2D eigenvalue weighted by molar-refractivity contribution is 0.0932. The van der Waals surface area contributed by atoms with Crippen molar-refractivity contribution in [3.8, 4) is 5.88 Å². The van der Waals surface area contributed by atoms with Crippen molar-refractivity contribution in [2.24, 2.45) is 0 Å². The summed E-state index contributed by atoms with van der Waals surface area (Å²) in [5.41, 5.74) is 0.615. The summed E-state index contributed by atoms with van der Waals surface area (Å²) in [7, 11) is 1.80. The Morgan fingerprint density at radius 3 is 3.21 bits per heavy atom. The summed E-state index contributed by atoms with van der Waals surface area (Å²) in [6, 6.07) is 1.39. The molecule has 0 aromatic carbocycles. The van der Waals surface area contributed by atoms with Gasteiger partial charge in [0.05, 0.1) is 12.8 Å². The Balaban J connectivity index is 2.36. The zero-order valence-electron chi connectivity index (χ0n) is 7.86. The summed E-state index contributed by atoms with van der Waals surface area (Å²) >= 11 is 0. The Hall–Kier alpha value is -1.36. The second-order valence-corrected chi connectivity index (χ2v) is 3.06. The quantitative estimate of drug-likeness (QED) is 0.623. The van der Waals surface area contributed by atoms with Gasteiger partial charge in [-0.1, -0.05) is 0 Å². The molecule has 0 saturated heterocycles. The molecule has 2 heterocycles. The molecule has 1 aliphatic rings. The molecule has 14 heavy (non-hydrogen) atoms. The third-order valence-electron chi connectivity index (χ3n) is 1.96. The van der Waals surface area contributed by atoms with Crippen LogP contribution in [0.3, 0.4) is 0 Å². The maximum absolute atomic E-state index is 12.9. The van der Waals surface area contributed by atoms with Gasteiger partial charge in [0, 0.05) is 13.1 Å². The molecule has 5 heteroatoms. The van der Waals surface area contributed by atoms with Crippen LogP contribution in [0.15, 0.2) is 12.3 Å². The molecule has 1 aromatic rings. The highest BCUT2D eigenvalue weighted by Gasteiger charge is 2.14. The van der Waals surface area contributed by atoms with Gasteiger partial charge >= 0.3 is 0 Å². The minimum absolute atomic E-state index is 0.375. The highest BCUT2D eigenvalue weighted by atomic mass is 19.1. The Morgan fingerprint density at radius 1 is 1.50 bits per heavy atom. The van der Waals surface area contributed by atoms with Gasteiger partial charge in [-0.3, -0.25) is 0 Å². The van der Waals surface area contributed by atoms with Crippen LogP contribution in [0.2, 0.25) is 0 Å². The highest BCUT2D eigenvalue weighted by molar-refractivity contribution is 5.54. The van der Waals surface area contributed by atoms with Crippen LogP contribution in [0.1, 0.15) is 0 Å². The van der Waals surface area contributed by atoms with E-state index in [-0.39, 0.29) is 5.82 Å². The number of aromatic nitrogens is 1. The van der Waals surface area contributed by atoms with Gasteiger partial charge in [0.25, 0.3) is 0 Å². The molecule has 76 valence electrons. The molecular formula is C9H11FN2O2. The summed E-state index contributed by atoms with van der Waals surface area (Å²) < 4.78 is 23.5. The molecule has 0 spiro atoms. The number of ether oxygens (including phenoxy) is 2. The predicted molar refractivity (Wildman–Crippen MR) is 48.9 cm³/mol. The smallest absolute Gasteiger partial charge is 0.237 e. The second-order valence-electron chi connectivity index (χ2n) is 3.06. The number of anilines is 1. The summed E-state index contributed by atoms with van der Waals surface area (Å²) in [5, 5.41) is 0. The number of halogens is 1. The minimum Gasteiger partial charge on any atom is -0.474 e. The second kappa shape index (κ2) is 3.79. The van der Waals surface area contributed by atoms with Crippen molar-refractivity contribution in [2.75, 3.05) is 31.9 Å². The van der Waals surface area contributed by atoms with E-state index in [0.29, 0.717) is 31.5 Å². The number of hydrogen-bond acceptors (Lipinski definition) is 4. The predicted octanol–water partition coefficient (Wildman–Crippen LogP) is 1.02. The molecule has 0 unspecified atom stereocenters. The van der Waals surface area contributed by atoms with Crippen LogP contribution in [-0.2, 0) is 4.74 Å². The molecule has 0 saturated carbocycles. The van der Waals surface area contributed by atoms with Gasteiger partial charge in [-0.25, -0.2) is 9.37 Å². The number of fused-ring (bicyclic) bond motifs is 1. The summed E-state index contributed by atoms with van der Waals surface area (Å²) in [6.07, 6.45) is 1.15. The molecule has 0 atom stereocenters. The Bertz CT molecular complexity index is 333. The van der Waals surface area contributed by atoms with Crippen LogP contribution in [0.5, 0.6) is 5.88 Å². The normalized spacial score (nSPS) is 16.6. The standard InChI is InChI=1S/C9H11FN2O2/c1-12-6-13-2-3-14-9-8(12)4-7(10)5-11-9/h4-5H,2-3,6H2,1H3. The lowest BCUT2D eigenvalue weighted by Gasteiger charge is -2.24. The van der Waals surface area contributed by atoms with Gasteiger partial charge in [-0.2, -0.15) is 0 Å². The molecule has 0 aliphatic carbocycles. The van der Waals surface area contributed by atoms with Gasteiger partial charge in [0.1, 0.15) is 24.8 Å². The van der Waals surface area contributed by atoms with Gasteiger partial charge in [0.2, 0.25) is 5.88 Å². The molecule has 4 nitrogen and oxygen atoms in total. The third kappa shape index (κ3) is 1.77. The van der Waals surface area contributed by atoms with Crippen molar-refractivity contribution in [1.29, 1.82) is 0 Å². The monoisotopic (exact) mass is 198 g/mol. The van der Waals surface area contributed by atoms with E-state index in [1.807, 2.05) is 0 Å². The number of hydrogen-bond donors (Lipinski definition) is 0. The Labute approximate surface area is 81.3 Å². The van der Waals surface area contributed by atoms with E-state index >= 15 is 0 Å². The van der Waals surface area contributed by atoms with E-state index in [0.717, 1.165) is 6.20 Å². The fourth-order valence-electron chi connectivity index (χ4n) is 1.27. The molecule has 0 N–H and O–H groups in total. The first kappa shape index (κ1) is 9.21. The minimum atomic E-state index is -0.375. The molecule has 0 bridgehead atoms. The average Bonchev–Trinajstić information content (AvgIpc) is 2.16. The van der Waals surface area contributed by atoms with Crippen molar-refractivity contribution in [2.45, 2.75) is 0 Å². The first-order valence-corrected chi connectivity index (χ1v) is 4.34. The number of pyridine rings is 1. The van der Waals surface area contributed by atoms with Crippen LogP contribution >= 0.6 is 0 Å². The summed E-state index contributed by atoms with van der Waals surface area (Å²) in [6.45, 7) is 1.38. The van der Waals surface area contributed by atoms with Crippen LogP contribution < -0.4 is 9.64 Å². The average molecular weight is 198 g/mol. The van der Waals surface area contributed by atoms with Gasteiger partial charge in [-0.05, 0) is 0 Å². The number of rotatable bonds is 0. The molecule has 1 aromatic heterocycles.